The lowest BCUT2D eigenvalue weighted by Crippen LogP contribution is -2.39. The van der Waals surface area contributed by atoms with Gasteiger partial charge in [0.2, 0.25) is 0 Å². The van der Waals surface area contributed by atoms with Gasteiger partial charge < -0.3 is 15.4 Å². The van der Waals surface area contributed by atoms with E-state index in [4.69, 9.17) is 0 Å². The maximum atomic E-state index is 12.4. The number of rotatable bonds is 4. The molecule has 3 rings (SSSR count). The van der Waals surface area contributed by atoms with Crippen LogP contribution in [0.4, 0.5) is 18.9 Å². The van der Waals surface area contributed by atoms with Crippen LogP contribution in [0.5, 0.6) is 5.75 Å². The summed E-state index contributed by atoms with van der Waals surface area (Å²) in [7, 11) is 0. The van der Waals surface area contributed by atoms with E-state index in [9.17, 15) is 22.9 Å². The van der Waals surface area contributed by atoms with Crippen LogP contribution >= 0.6 is 0 Å². The van der Waals surface area contributed by atoms with Gasteiger partial charge in [0.25, 0.3) is 0 Å². The molecule has 0 saturated carbocycles. The molecular weight excluding hydrogens is 351 g/mol. The third kappa shape index (κ3) is 4.04. The number of benzene rings is 1. The second-order valence-electron chi connectivity index (χ2n) is 6.00. The summed E-state index contributed by atoms with van der Waals surface area (Å²) in [6.07, 6.45) is -0.0362. The molecule has 1 aliphatic carbocycles. The Morgan fingerprint density at radius 1 is 1.27 bits per heavy atom. The zero-order valence-electron chi connectivity index (χ0n) is 13.6. The van der Waals surface area contributed by atoms with E-state index in [2.05, 4.69) is 20.5 Å². The number of anilines is 1. The molecule has 1 heterocycles. The van der Waals surface area contributed by atoms with Crippen LogP contribution in [-0.4, -0.2) is 18.3 Å². The molecule has 0 bridgehead atoms. The first-order chi connectivity index (χ1) is 12.4. The lowest BCUT2D eigenvalue weighted by atomic mass is 9.84. The number of ether oxygens (including phenoxy) is 1. The molecule has 0 aromatic heterocycles. The summed E-state index contributed by atoms with van der Waals surface area (Å²) in [6, 6.07) is 4.73. The van der Waals surface area contributed by atoms with E-state index in [1.807, 2.05) is 0 Å². The van der Waals surface area contributed by atoms with Crippen molar-refractivity contribution in [2.75, 3.05) is 5.32 Å². The van der Waals surface area contributed by atoms with Crippen LogP contribution in [0.25, 0.3) is 0 Å². The fourth-order valence-corrected chi connectivity index (χ4v) is 3.22. The molecule has 2 aliphatic rings. The molecule has 138 valence electrons. The maximum absolute atomic E-state index is 12.4. The predicted octanol–water partition coefficient (Wildman–Crippen LogP) is 3.97. The Labute approximate surface area is 147 Å². The number of allylic oxidation sites excluding steroid dienone is 1. The average molecular weight is 367 g/mol. The molecule has 1 atom stereocenters. The number of nitroso groups, excluding NO2 is 1. The van der Waals surface area contributed by atoms with Gasteiger partial charge in [-0.25, -0.2) is 0 Å². The molecule has 0 radical (unpaired) electrons. The Hall–Kier alpha value is -2.84. The molecule has 1 unspecified atom stereocenters. The van der Waals surface area contributed by atoms with E-state index in [0.29, 0.717) is 24.2 Å². The first-order valence-electron chi connectivity index (χ1n) is 8.06. The van der Waals surface area contributed by atoms with Gasteiger partial charge in [-0.3, -0.25) is 4.79 Å². The number of nitrogens with zero attached hydrogens (tertiary/aromatic N) is 1. The van der Waals surface area contributed by atoms with Gasteiger partial charge in [-0.15, -0.1) is 18.1 Å². The lowest BCUT2D eigenvalue weighted by Gasteiger charge is -2.31. The molecule has 9 heteroatoms. The Morgan fingerprint density at radius 3 is 2.77 bits per heavy atom. The number of hydrogen-bond donors (Lipinski definition) is 2. The van der Waals surface area contributed by atoms with Crippen LogP contribution < -0.4 is 15.4 Å². The van der Waals surface area contributed by atoms with Crippen LogP contribution in [0.3, 0.4) is 0 Å². The van der Waals surface area contributed by atoms with Gasteiger partial charge in [0.1, 0.15) is 11.8 Å². The number of nitrogens with one attached hydrogen (secondary N) is 2. The van der Waals surface area contributed by atoms with Gasteiger partial charge >= 0.3 is 12.3 Å². The van der Waals surface area contributed by atoms with E-state index in [1.165, 1.54) is 18.2 Å². The number of alkyl halides is 3. The summed E-state index contributed by atoms with van der Waals surface area (Å²) in [5.74, 6) is -1.11. The normalized spacial score (nSPS) is 19.8. The van der Waals surface area contributed by atoms with Crippen molar-refractivity contribution in [2.24, 2.45) is 5.18 Å². The monoisotopic (exact) mass is 367 g/mol. The van der Waals surface area contributed by atoms with Gasteiger partial charge in [0.05, 0.1) is 5.70 Å². The van der Waals surface area contributed by atoms with Crippen molar-refractivity contribution in [3.63, 3.8) is 0 Å². The zero-order chi connectivity index (χ0) is 18.7. The summed E-state index contributed by atoms with van der Waals surface area (Å²) in [6.45, 7) is 0. The zero-order valence-corrected chi connectivity index (χ0v) is 13.6. The Bertz CT molecular complexity index is 787. The minimum absolute atomic E-state index is 0.331. The molecule has 2 N–H and O–H groups in total. The molecular formula is C17H16F3N3O3. The Balaban J connectivity index is 1.83. The van der Waals surface area contributed by atoms with Gasteiger partial charge in [-0.2, -0.15) is 0 Å². The van der Waals surface area contributed by atoms with Crippen molar-refractivity contribution >= 4 is 11.6 Å². The van der Waals surface area contributed by atoms with Crippen molar-refractivity contribution in [2.45, 2.75) is 38.1 Å². The predicted molar refractivity (Wildman–Crippen MR) is 88.1 cm³/mol. The van der Waals surface area contributed by atoms with Crippen molar-refractivity contribution in [3.05, 3.63) is 52.2 Å². The van der Waals surface area contributed by atoms with E-state index < -0.39 is 18.3 Å². The van der Waals surface area contributed by atoms with E-state index in [1.54, 1.807) is 12.3 Å². The second-order valence-corrected chi connectivity index (χ2v) is 6.00. The third-order valence-corrected chi connectivity index (χ3v) is 4.26. The first kappa shape index (κ1) is 18.0. The number of amides is 1. The third-order valence-electron chi connectivity index (χ3n) is 4.26. The van der Waals surface area contributed by atoms with E-state index in [0.717, 1.165) is 24.0 Å². The highest BCUT2D eigenvalue weighted by molar-refractivity contribution is 5.87. The fraction of sp³-hybridized carbons (Fsp3) is 0.353. The summed E-state index contributed by atoms with van der Waals surface area (Å²) in [5, 5.41) is 8.41. The minimum atomic E-state index is -4.77. The SMILES string of the molecule is O=NC(=O)C1NC=C(Nc2cccc(OC(F)(F)F)c2)C2=C1CCCC2. The lowest BCUT2D eigenvalue weighted by molar-refractivity contribution is -0.274. The molecule has 6 nitrogen and oxygen atoms in total. The average Bonchev–Trinajstić information content (AvgIpc) is 2.60. The van der Waals surface area contributed by atoms with Crippen molar-refractivity contribution < 1.29 is 22.7 Å². The molecule has 1 aromatic rings. The van der Waals surface area contributed by atoms with Crippen molar-refractivity contribution in [1.29, 1.82) is 0 Å². The van der Waals surface area contributed by atoms with Crippen LogP contribution in [0, 0.1) is 4.91 Å². The number of carbonyl (C=O) groups excluding carboxylic acids is 1. The van der Waals surface area contributed by atoms with Crippen molar-refractivity contribution in [3.8, 4) is 5.75 Å². The molecule has 0 spiro atoms. The van der Waals surface area contributed by atoms with E-state index >= 15 is 0 Å². The van der Waals surface area contributed by atoms with Crippen LogP contribution in [0.1, 0.15) is 25.7 Å². The fourth-order valence-electron chi connectivity index (χ4n) is 3.22. The van der Waals surface area contributed by atoms with Gasteiger partial charge in [0.15, 0.2) is 0 Å². The van der Waals surface area contributed by atoms with Crippen molar-refractivity contribution in [1.82, 2.24) is 5.32 Å². The maximum Gasteiger partial charge on any atom is 0.573 e. The molecule has 26 heavy (non-hydrogen) atoms. The molecule has 0 fully saturated rings. The Morgan fingerprint density at radius 2 is 2.04 bits per heavy atom. The smallest absolute Gasteiger partial charge is 0.406 e. The number of dihydropyridines is 1. The molecule has 1 aromatic carbocycles. The largest absolute Gasteiger partial charge is 0.573 e. The summed E-state index contributed by atoms with van der Waals surface area (Å²) >= 11 is 0. The van der Waals surface area contributed by atoms with Gasteiger partial charge in [0, 0.05) is 23.1 Å². The first-order valence-corrected chi connectivity index (χ1v) is 8.06. The highest BCUT2D eigenvalue weighted by atomic mass is 19.4. The summed E-state index contributed by atoms with van der Waals surface area (Å²) < 4.78 is 41.0. The summed E-state index contributed by atoms with van der Waals surface area (Å²) in [5.41, 5.74) is 2.75. The number of hydrogen-bond acceptors (Lipinski definition) is 5. The van der Waals surface area contributed by atoms with E-state index in [-0.39, 0.29) is 5.75 Å². The molecule has 0 saturated heterocycles. The number of halogens is 3. The Kier molecular flexibility index (Phi) is 4.97. The standard InChI is InChI=1S/C17H16F3N3O3/c18-17(19,20)26-11-5-3-4-10(8-11)22-14-9-21-15(16(24)23-25)13-7-2-1-6-12(13)14/h3-5,8-9,15,21-22H,1-2,6-7H2. The summed E-state index contributed by atoms with van der Waals surface area (Å²) in [4.78, 5) is 22.3. The van der Waals surface area contributed by atoms with Crippen LogP contribution in [0.2, 0.25) is 0 Å². The van der Waals surface area contributed by atoms with Crippen LogP contribution in [0.15, 0.2) is 52.5 Å². The minimum Gasteiger partial charge on any atom is -0.406 e. The van der Waals surface area contributed by atoms with Gasteiger partial charge in [-0.05, 0) is 49.0 Å². The van der Waals surface area contributed by atoms with Crippen LogP contribution in [-0.2, 0) is 4.79 Å². The number of carbonyl (C=O) groups is 1. The highest BCUT2D eigenvalue weighted by Crippen LogP contribution is 2.35. The topological polar surface area (TPSA) is 79.8 Å². The highest BCUT2D eigenvalue weighted by Gasteiger charge is 2.32. The molecule has 1 aliphatic heterocycles. The quantitative estimate of drug-likeness (QED) is 0.787. The molecule has 1 amide bonds. The van der Waals surface area contributed by atoms with Gasteiger partial charge in [-0.1, -0.05) is 6.07 Å². The second kappa shape index (κ2) is 7.19.